The Morgan fingerprint density at radius 3 is 2.60 bits per heavy atom. The molecule has 0 unspecified atom stereocenters. The van der Waals surface area contributed by atoms with Crippen molar-refractivity contribution in [2.24, 2.45) is 12.5 Å². The quantitative estimate of drug-likeness (QED) is 0.747. The lowest BCUT2D eigenvalue weighted by atomic mass is 9.92. The van der Waals surface area contributed by atoms with Gasteiger partial charge in [-0.05, 0) is 18.4 Å². The first-order valence-electron chi connectivity index (χ1n) is 5.53. The van der Waals surface area contributed by atoms with E-state index in [1.807, 2.05) is 7.05 Å². The van der Waals surface area contributed by atoms with E-state index in [1.165, 1.54) is 6.42 Å². The first-order valence-corrected chi connectivity index (χ1v) is 5.53. The van der Waals surface area contributed by atoms with Crippen LogP contribution in [0.2, 0.25) is 0 Å². The molecule has 0 saturated carbocycles. The molecule has 0 amide bonds. The highest BCUT2D eigenvalue weighted by molar-refractivity contribution is 4.81. The fourth-order valence-electron chi connectivity index (χ4n) is 1.29. The van der Waals surface area contributed by atoms with E-state index in [9.17, 15) is 0 Å². The van der Waals surface area contributed by atoms with Gasteiger partial charge in [0.25, 0.3) is 0 Å². The van der Waals surface area contributed by atoms with E-state index in [0.29, 0.717) is 5.41 Å². The second-order valence-corrected chi connectivity index (χ2v) is 5.15. The molecule has 0 aliphatic heterocycles. The number of aromatic nitrogens is 3. The molecule has 4 heteroatoms. The molecule has 0 aliphatic carbocycles. The van der Waals surface area contributed by atoms with Crippen molar-refractivity contribution in [3.63, 3.8) is 0 Å². The van der Waals surface area contributed by atoms with Gasteiger partial charge in [0.15, 0.2) is 5.82 Å². The SMILES string of the molecule is Cn1cnc(CCNCCC(C)(C)C)n1. The molecule has 0 spiro atoms. The normalized spacial score (nSPS) is 12.0. The summed E-state index contributed by atoms with van der Waals surface area (Å²) in [5.74, 6) is 0.917. The minimum atomic E-state index is 0.413. The third-order valence-corrected chi connectivity index (χ3v) is 2.22. The first-order chi connectivity index (χ1) is 6.97. The third kappa shape index (κ3) is 5.52. The van der Waals surface area contributed by atoms with Crippen molar-refractivity contribution in [1.29, 1.82) is 0 Å². The minimum Gasteiger partial charge on any atom is -0.316 e. The largest absolute Gasteiger partial charge is 0.316 e. The van der Waals surface area contributed by atoms with Crippen LogP contribution in [0.25, 0.3) is 0 Å². The van der Waals surface area contributed by atoms with Gasteiger partial charge in [-0.2, -0.15) is 5.10 Å². The van der Waals surface area contributed by atoms with Crippen molar-refractivity contribution in [3.05, 3.63) is 12.2 Å². The number of nitrogens with zero attached hydrogens (tertiary/aromatic N) is 3. The van der Waals surface area contributed by atoms with Crippen LogP contribution in [-0.4, -0.2) is 27.9 Å². The molecule has 0 bridgehead atoms. The van der Waals surface area contributed by atoms with Crippen LogP contribution in [0.5, 0.6) is 0 Å². The molecule has 1 aromatic rings. The van der Waals surface area contributed by atoms with Crippen LogP contribution in [0, 0.1) is 5.41 Å². The van der Waals surface area contributed by atoms with Crippen molar-refractivity contribution in [2.75, 3.05) is 13.1 Å². The first kappa shape index (κ1) is 12.2. The Labute approximate surface area is 92.1 Å². The summed E-state index contributed by atoms with van der Waals surface area (Å²) in [6.07, 6.45) is 3.85. The summed E-state index contributed by atoms with van der Waals surface area (Å²) >= 11 is 0. The van der Waals surface area contributed by atoms with Crippen molar-refractivity contribution in [2.45, 2.75) is 33.6 Å². The summed E-state index contributed by atoms with van der Waals surface area (Å²) in [4.78, 5) is 4.17. The molecule has 15 heavy (non-hydrogen) atoms. The van der Waals surface area contributed by atoms with Gasteiger partial charge in [-0.3, -0.25) is 4.68 Å². The Morgan fingerprint density at radius 2 is 2.07 bits per heavy atom. The number of nitrogens with one attached hydrogen (secondary N) is 1. The highest BCUT2D eigenvalue weighted by Gasteiger charge is 2.08. The van der Waals surface area contributed by atoms with Crippen molar-refractivity contribution >= 4 is 0 Å². The lowest BCUT2D eigenvalue weighted by Gasteiger charge is -2.17. The van der Waals surface area contributed by atoms with E-state index in [0.717, 1.165) is 25.3 Å². The molecule has 0 atom stereocenters. The summed E-state index contributed by atoms with van der Waals surface area (Å²) in [7, 11) is 1.89. The van der Waals surface area contributed by atoms with Crippen molar-refractivity contribution in [3.8, 4) is 0 Å². The van der Waals surface area contributed by atoms with Crippen LogP contribution in [0.3, 0.4) is 0 Å². The summed E-state index contributed by atoms with van der Waals surface area (Å²) in [6, 6.07) is 0. The van der Waals surface area contributed by atoms with Crippen LogP contribution in [0.4, 0.5) is 0 Å². The summed E-state index contributed by atoms with van der Waals surface area (Å²) < 4.78 is 1.74. The second kappa shape index (κ2) is 5.26. The Kier molecular flexibility index (Phi) is 4.27. The van der Waals surface area contributed by atoms with Crippen LogP contribution in [0.15, 0.2) is 6.33 Å². The molecular formula is C11H22N4. The topological polar surface area (TPSA) is 42.7 Å². The zero-order valence-electron chi connectivity index (χ0n) is 10.2. The summed E-state index contributed by atoms with van der Waals surface area (Å²) in [5, 5.41) is 7.63. The molecule has 0 saturated heterocycles. The third-order valence-electron chi connectivity index (χ3n) is 2.22. The minimum absolute atomic E-state index is 0.413. The van der Waals surface area contributed by atoms with Gasteiger partial charge in [0.2, 0.25) is 0 Å². The Balaban J connectivity index is 2.07. The van der Waals surface area contributed by atoms with Gasteiger partial charge in [-0.1, -0.05) is 20.8 Å². The second-order valence-electron chi connectivity index (χ2n) is 5.15. The molecule has 0 aromatic carbocycles. The number of hydrogen-bond donors (Lipinski definition) is 1. The predicted octanol–water partition coefficient (Wildman–Crippen LogP) is 1.38. The summed E-state index contributed by atoms with van der Waals surface area (Å²) in [6.45, 7) is 8.80. The van der Waals surface area contributed by atoms with E-state index >= 15 is 0 Å². The zero-order valence-corrected chi connectivity index (χ0v) is 10.2. The average molecular weight is 210 g/mol. The van der Waals surface area contributed by atoms with Crippen LogP contribution < -0.4 is 5.32 Å². The van der Waals surface area contributed by atoms with Crippen LogP contribution in [0.1, 0.15) is 33.0 Å². The van der Waals surface area contributed by atoms with Gasteiger partial charge in [0, 0.05) is 20.0 Å². The average Bonchev–Trinajstić information content (AvgIpc) is 2.49. The molecule has 1 rings (SSSR count). The number of hydrogen-bond acceptors (Lipinski definition) is 3. The van der Waals surface area contributed by atoms with Crippen molar-refractivity contribution in [1.82, 2.24) is 20.1 Å². The lowest BCUT2D eigenvalue weighted by molar-refractivity contribution is 0.367. The van der Waals surface area contributed by atoms with Gasteiger partial charge in [-0.25, -0.2) is 4.98 Å². The van der Waals surface area contributed by atoms with Gasteiger partial charge < -0.3 is 5.32 Å². The molecular weight excluding hydrogens is 188 g/mol. The maximum absolute atomic E-state index is 4.22. The van der Waals surface area contributed by atoms with Crippen LogP contribution >= 0.6 is 0 Å². The molecule has 0 aliphatic rings. The Bertz CT molecular complexity index is 285. The maximum Gasteiger partial charge on any atom is 0.151 e. The number of aryl methyl sites for hydroxylation is 1. The molecule has 1 aromatic heterocycles. The Morgan fingerprint density at radius 1 is 1.33 bits per heavy atom. The van der Waals surface area contributed by atoms with Crippen LogP contribution in [-0.2, 0) is 13.5 Å². The van der Waals surface area contributed by atoms with Gasteiger partial charge >= 0.3 is 0 Å². The van der Waals surface area contributed by atoms with E-state index in [-0.39, 0.29) is 0 Å². The monoisotopic (exact) mass is 210 g/mol. The lowest BCUT2D eigenvalue weighted by Crippen LogP contribution is -2.23. The number of rotatable bonds is 5. The highest BCUT2D eigenvalue weighted by Crippen LogP contribution is 2.16. The van der Waals surface area contributed by atoms with E-state index < -0.39 is 0 Å². The fourth-order valence-corrected chi connectivity index (χ4v) is 1.29. The molecule has 0 radical (unpaired) electrons. The summed E-state index contributed by atoms with van der Waals surface area (Å²) in [5.41, 5.74) is 0.413. The van der Waals surface area contributed by atoms with E-state index in [2.05, 4.69) is 36.2 Å². The van der Waals surface area contributed by atoms with Gasteiger partial charge in [-0.15, -0.1) is 0 Å². The Hall–Kier alpha value is -0.900. The van der Waals surface area contributed by atoms with E-state index in [1.54, 1.807) is 11.0 Å². The smallest absolute Gasteiger partial charge is 0.151 e. The van der Waals surface area contributed by atoms with Crippen molar-refractivity contribution < 1.29 is 0 Å². The fraction of sp³-hybridized carbons (Fsp3) is 0.818. The standard InChI is InChI=1S/C11H22N4/c1-11(2,3)6-8-12-7-5-10-13-9-15(4)14-10/h9,12H,5-8H2,1-4H3. The van der Waals surface area contributed by atoms with E-state index in [4.69, 9.17) is 0 Å². The molecule has 1 N–H and O–H groups in total. The highest BCUT2D eigenvalue weighted by atomic mass is 15.3. The molecule has 0 fully saturated rings. The zero-order chi connectivity index (χ0) is 11.3. The molecule has 86 valence electrons. The van der Waals surface area contributed by atoms with Gasteiger partial charge in [0.1, 0.15) is 6.33 Å². The maximum atomic E-state index is 4.22. The van der Waals surface area contributed by atoms with Gasteiger partial charge in [0.05, 0.1) is 0 Å². The predicted molar refractivity (Wildman–Crippen MR) is 61.6 cm³/mol. The molecule has 4 nitrogen and oxygen atoms in total. The molecule has 1 heterocycles.